The summed E-state index contributed by atoms with van der Waals surface area (Å²) < 4.78 is 0. The van der Waals surface area contributed by atoms with Crippen LogP contribution in [-0.2, 0) is 0 Å². The largest absolute Gasteiger partial charge is 0.322 e. The van der Waals surface area contributed by atoms with E-state index >= 15 is 0 Å². The van der Waals surface area contributed by atoms with E-state index in [1.165, 1.54) is 18.4 Å². The lowest BCUT2D eigenvalue weighted by Crippen LogP contribution is -2.47. The van der Waals surface area contributed by atoms with Crippen LogP contribution in [0.25, 0.3) is 0 Å². The van der Waals surface area contributed by atoms with Crippen LogP contribution in [0.1, 0.15) is 31.2 Å². The second kappa shape index (κ2) is 6.48. The molecule has 1 aromatic rings. The van der Waals surface area contributed by atoms with E-state index in [2.05, 4.69) is 15.5 Å². The molecule has 2 amide bonds. The van der Waals surface area contributed by atoms with Crippen LogP contribution in [0.3, 0.4) is 0 Å². The molecule has 114 valence electrons. The number of anilines is 1. The number of urea groups is 1. The van der Waals surface area contributed by atoms with Crippen LogP contribution in [0.15, 0.2) is 24.3 Å². The van der Waals surface area contributed by atoms with E-state index in [0.717, 1.165) is 38.2 Å². The molecule has 2 aliphatic rings. The van der Waals surface area contributed by atoms with Gasteiger partial charge in [-0.05, 0) is 69.3 Å². The van der Waals surface area contributed by atoms with Crippen molar-refractivity contribution in [2.24, 2.45) is 5.92 Å². The highest BCUT2D eigenvalue weighted by Crippen LogP contribution is 2.28. The molecule has 4 nitrogen and oxygen atoms in total. The number of piperidine rings is 1. The molecular weight excluding hydrogens is 262 g/mol. The van der Waals surface area contributed by atoms with Crippen molar-refractivity contribution >= 4 is 11.7 Å². The molecule has 2 saturated heterocycles. The summed E-state index contributed by atoms with van der Waals surface area (Å²) in [5.74, 6) is 0.615. The number of hydrogen-bond acceptors (Lipinski definition) is 2. The average molecular weight is 287 g/mol. The minimum Gasteiger partial charge on any atom is -0.321 e. The van der Waals surface area contributed by atoms with Crippen molar-refractivity contribution in [3.8, 4) is 0 Å². The summed E-state index contributed by atoms with van der Waals surface area (Å²) in [7, 11) is 0. The van der Waals surface area contributed by atoms with E-state index in [9.17, 15) is 4.79 Å². The minimum atomic E-state index is 0.0636. The standard InChI is InChI=1S/C17H25N3O/c1-13-5-2-7-15(11-13)19-17(21)20-10-4-8-16(20)14-6-3-9-18-12-14/h2,5,7,11,14,16,18H,3-4,6,8-10,12H2,1H3,(H,19,21). The number of hydrogen-bond donors (Lipinski definition) is 2. The van der Waals surface area contributed by atoms with Gasteiger partial charge >= 0.3 is 6.03 Å². The third-order valence-corrected chi connectivity index (χ3v) is 4.71. The lowest BCUT2D eigenvalue weighted by atomic mass is 9.90. The number of carbonyl (C=O) groups excluding carboxylic acids is 1. The Kier molecular flexibility index (Phi) is 4.44. The summed E-state index contributed by atoms with van der Waals surface area (Å²) in [6.45, 7) is 5.11. The summed E-state index contributed by atoms with van der Waals surface area (Å²) in [6, 6.07) is 8.47. The third-order valence-electron chi connectivity index (χ3n) is 4.71. The quantitative estimate of drug-likeness (QED) is 0.878. The Morgan fingerprint density at radius 1 is 1.33 bits per heavy atom. The fourth-order valence-corrected chi connectivity index (χ4v) is 3.66. The number of benzene rings is 1. The van der Waals surface area contributed by atoms with E-state index in [4.69, 9.17) is 0 Å². The summed E-state index contributed by atoms with van der Waals surface area (Å²) in [4.78, 5) is 14.6. The summed E-state index contributed by atoms with van der Waals surface area (Å²) >= 11 is 0. The smallest absolute Gasteiger partial charge is 0.321 e. The normalized spacial score (nSPS) is 25.9. The highest BCUT2D eigenvalue weighted by Gasteiger charge is 2.35. The molecule has 2 fully saturated rings. The first-order valence-electron chi connectivity index (χ1n) is 8.09. The number of nitrogens with zero attached hydrogens (tertiary/aromatic N) is 1. The van der Waals surface area contributed by atoms with Crippen LogP contribution in [0.5, 0.6) is 0 Å². The number of nitrogens with one attached hydrogen (secondary N) is 2. The van der Waals surface area contributed by atoms with Gasteiger partial charge in [0.2, 0.25) is 0 Å². The molecule has 2 unspecified atom stereocenters. The van der Waals surface area contributed by atoms with Gasteiger partial charge in [-0.2, -0.15) is 0 Å². The van der Waals surface area contributed by atoms with Crippen LogP contribution in [0, 0.1) is 12.8 Å². The van der Waals surface area contributed by atoms with Gasteiger partial charge in [-0.15, -0.1) is 0 Å². The van der Waals surface area contributed by atoms with Crippen molar-refractivity contribution in [3.05, 3.63) is 29.8 Å². The second-order valence-electron chi connectivity index (χ2n) is 6.31. The van der Waals surface area contributed by atoms with Gasteiger partial charge in [0, 0.05) is 18.3 Å². The number of rotatable bonds is 2. The SMILES string of the molecule is Cc1cccc(NC(=O)N2CCCC2C2CCCNC2)c1. The third kappa shape index (κ3) is 3.38. The predicted molar refractivity (Wildman–Crippen MR) is 85.5 cm³/mol. The maximum atomic E-state index is 12.6. The van der Waals surface area contributed by atoms with Gasteiger partial charge in [0.05, 0.1) is 0 Å². The van der Waals surface area contributed by atoms with E-state index in [1.54, 1.807) is 0 Å². The molecule has 0 aromatic heterocycles. The van der Waals surface area contributed by atoms with Gasteiger partial charge in [-0.25, -0.2) is 4.79 Å². The molecule has 1 aromatic carbocycles. The van der Waals surface area contributed by atoms with Gasteiger partial charge in [0.1, 0.15) is 0 Å². The van der Waals surface area contributed by atoms with Gasteiger partial charge < -0.3 is 15.5 Å². The molecule has 0 bridgehead atoms. The maximum Gasteiger partial charge on any atom is 0.322 e. The molecule has 4 heteroatoms. The number of likely N-dealkylation sites (tertiary alicyclic amines) is 1. The van der Waals surface area contributed by atoms with Crippen molar-refractivity contribution in [2.45, 2.75) is 38.6 Å². The number of aryl methyl sites for hydroxylation is 1. The molecule has 2 N–H and O–H groups in total. The molecule has 0 spiro atoms. The van der Waals surface area contributed by atoms with Crippen molar-refractivity contribution in [1.29, 1.82) is 0 Å². The van der Waals surface area contributed by atoms with Crippen molar-refractivity contribution < 1.29 is 4.79 Å². The van der Waals surface area contributed by atoms with Gasteiger partial charge in [-0.1, -0.05) is 12.1 Å². The van der Waals surface area contributed by atoms with Gasteiger partial charge in [0.25, 0.3) is 0 Å². The number of amides is 2. The zero-order valence-corrected chi connectivity index (χ0v) is 12.8. The molecule has 2 atom stereocenters. The maximum absolute atomic E-state index is 12.6. The monoisotopic (exact) mass is 287 g/mol. The zero-order valence-electron chi connectivity index (χ0n) is 12.8. The van der Waals surface area contributed by atoms with E-state index < -0.39 is 0 Å². The Morgan fingerprint density at radius 3 is 3.00 bits per heavy atom. The Balaban J connectivity index is 1.65. The van der Waals surface area contributed by atoms with Crippen molar-refractivity contribution in [1.82, 2.24) is 10.2 Å². The van der Waals surface area contributed by atoms with Crippen molar-refractivity contribution in [2.75, 3.05) is 25.0 Å². The lowest BCUT2D eigenvalue weighted by molar-refractivity contribution is 0.172. The van der Waals surface area contributed by atoms with E-state index in [0.29, 0.717) is 12.0 Å². The zero-order chi connectivity index (χ0) is 14.7. The Hall–Kier alpha value is -1.55. The predicted octanol–water partition coefficient (Wildman–Crippen LogP) is 2.99. The molecular formula is C17H25N3O. The molecule has 21 heavy (non-hydrogen) atoms. The molecule has 0 aliphatic carbocycles. The average Bonchev–Trinajstić information content (AvgIpc) is 2.98. The summed E-state index contributed by atoms with van der Waals surface area (Å²) in [6.07, 6.45) is 4.75. The molecule has 0 saturated carbocycles. The first kappa shape index (κ1) is 14.4. The van der Waals surface area contributed by atoms with Crippen LogP contribution < -0.4 is 10.6 Å². The fourth-order valence-electron chi connectivity index (χ4n) is 3.66. The first-order chi connectivity index (χ1) is 10.2. The number of carbonyl (C=O) groups is 1. The highest BCUT2D eigenvalue weighted by atomic mass is 16.2. The second-order valence-corrected chi connectivity index (χ2v) is 6.31. The highest BCUT2D eigenvalue weighted by molar-refractivity contribution is 5.89. The molecule has 0 radical (unpaired) electrons. The fraction of sp³-hybridized carbons (Fsp3) is 0.588. The Labute approximate surface area is 126 Å². The Bertz CT molecular complexity index is 497. The first-order valence-corrected chi connectivity index (χ1v) is 8.09. The van der Waals surface area contributed by atoms with Crippen LogP contribution >= 0.6 is 0 Å². The lowest BCUT2D eigenvalue weighted by Gasteiger charge is -2.34. The van der Waals surface area contributed by atoms with Crippen LogP contribution in [-0.4, -0.2) is 36.6 Å². The summed E-state index contributed by atoms with van der Waals surface area (Å²) in [5.41, 5.74) is 2.06. The van der Waals surface area contributed by atoms with Gasteiger partial charge in [0.15, 0.2) is 0 Å². The van der Waals surface area contributed by atoms with Crippen LogP contribution in [0.4, 0.5) is 10.5 Å². The van der Waals surface area contributed by atoms with Crippen molar-refractivity contribution in [3.63, 3.8) is 0 Å². The van der Waals surface area contributed by atoms with Gasteiger partial charge in [-0.3, -0.25) is 0 Å². The molecule has 3 rings (SSSR count). The Morgan fingerprint density at radius 2 is 2.24 bits per heavy atom. The minimum absolute atomic E-state index is 0.0636. The van der Waals surface area contributed by atoms with E-state index in [-0.39, 0.29) is 6.03 Å². The molecule has 2 heterocycles. The molecule has 2 aliphatic heterocycles. The van der Waals surface area contributed by atoms with E-state index in [1.807, 2.05) is 31.2 Å². The topological polar surface area (TPSA) is 44.4 Å². The summed E-state index contributed by atoms with van der Waals surface area (Å²) in [5, 5.41) is 6.53. The van der Waals surface area contributed by atoms with Crippen LogP contribution in [0.2, 0.25) is 0 Å².